The summed E-state index contributed by atoms with van der Waals surface area (Å²) in [6.45, 7) is 5.17. The first-order valence-corrected chi connectivity index (χ1v) is 8.59. The number of aryl methyl sites for hydroxylation is 2. The third-order valence-electron chi connectivity index (χ3n) is 3.10. The van der Waals surface area contributed by atoms with Crippen LogP contribution in [0.25, 0.3) is 0 Å². The van der Waals surface area contributed by atoms with Gasteiger partial charge in [-0.05, 0) is 19.9 Å². The summed E-state index contributed by atoms with van der Waals surface area (Å²) in [6.07, 6.45) is 2.90. The van der Waals surface area contributed by atoms with E-state index in [4.69, 9.17) is 9.47 Å². The number of hydrogen-bond donors (Lipinski definition) is 1. The van der Waals surface area contributed by atoms with E-state index in [1.807, 2.05) is 6.92 Å². The largest absolute Gasteiger partial charge is 0.475 e. The number of nitrogens with zero attached hydrogens (tertiary/aromatic N) is 3. The standard InChI is InChI=1S/C14H20N4O4S/c1-4-18-10-14(16-11(18)2)23(19,20)17-12-5-6-13(15-9-12)22-8-7-21-3/h5-6,9-10,17H,4,7-8H2,1-3H3. The fourth-order valence-electron chi connectivity index (χ4n) is 1.89. The normalized spacial score (nSPS) is 11.4. The zero-order valence-electron chi connectivity index (χ0n) is 13.3. The van der Waals surface area contributed by atoms with Gasteiger partial charge in [-0.3, -0.25) is 4.72 Å². The summed E-state index contributed by atoms with van der Waals surface area (Å²) in [4.78, 5) is 8.11. The lowest BCUT2D eigenvalue weighted by molar-refractivity contribution is 0.144. The molecule has 2 rings (SSSR count). The molecule has 0 saturated heterocycles. The van der Waals surface area contributed by atoms with Crippen LogP contribution in [0, 0.1) is 6.92 Å². The zero-order chi connectivity index (χ0) is 16.9. The van der Waals surface area contributed by atoms with Gasteiger partial charge in [0.1, 0.15) is 12.4 Å². The lowest BCUT2D eigenvalue weighted by Crippen LogP contribution is -2.13. The second kappa shape index (κ2) is 7.42. The van der Waals surface area contributed by atoms with Crippen molar-refractivity contribution < 1.29 is 17.9 Å². The summed E-state index contributed by atoms with van der Waals surface area (Å²) >= 11 is 0. The average molecular weight is 340 g/mol. The first-order valence-electron chi connectivity index (χ1n) is 7.10. The van der Waals surface area contributed by atoms with E-state index in [-0.39, 0.29) is 5.03 Å². The minimum Gasteiger partial charge on any atom is -0.475 e. The van der Waals surface area contributed by atoms with Gasteiger partial charge in [0.15, 0.2) is 5.03 Å². The molecule has 2 heterocycles. The molecule has 9 heteroatoms. The molecule has 8 nitrogen and oxygen atoms in total. The fraction of sp³-hybridized carbons (Fsp3) is 0.429. The molecule has 0 bridgehead atoms. The van der Waals surface area contributed by atoms with Gasteiger partial charge < -0.3 is 14.0 Å². The van der Waals surface area contributed by atoms with Crippen molar-refractivity contribution in [2.75, 3.05) is 25.0 Å². The number of hydrogen-bond acceptors (Lipinski definition) is 6. The van der Waals surface area contributed by atoms with E-state index in [9.17, 15) is 8.42 Å². The highest BCUT2D eigenvalue weighted by molar-refractivity contribution is 7.92. The van der Waals surface area contributed by atoms with Gasteiger partial charge in [0.05, 0.1) is 18.5 Å². The number of nitrogens with one attached hydrogen (secondary N) is 1. The number of anilines is 1. The lowest BCUT2D eigenvalue weighted by Gasteiger charge is -2.07. The fourth-order valence-corrected chi connectivity index (χ4v) is 2.95. The van der Waals surface area contributed by atoms with Gasteiger partial charge in [-0.15, -0.1) is 0 Å². The van der Waals surface area contributed by atoms with Crippen molar-refractivity contribution in [3.63, 3.8) is 0 Å². The summed E-state index contributed by atoms with van der Waals surface area (Å²) < 4.78 is 39.0. The van der Waals surface area contributed by atoms with E-state index in [2.05, 4.69) is 14.7 Å². The Kier molecular flexibility index (Phi) is 5.56. The summed E-state index contributed by atoms with van der Waals surface area (Å²) in [6, 6.07) is 3.17. The van der Waals surface area contributed by atoms with E-state index >= 15 is 0 Å². The highest BCUT2D eigenvalue weighted by atomic mass is 32.2. The van der Waals surface area contributed by atoms with Crippen LogP contribution in [0.15, 0.2) is 29.6 Å². The minimum absolute atomic E-state index is 0.0164. The molecule has 0 atom stereocenters. The molecular formula is C14H20N4O4S. The summed E-state index contributed by atoms with van der Waals surface area (Å²) in [5, 5.41) is -0.0164. The Hall–Kier alpha value is -2.13. The van der Waals surface area contributed by atoms with Crippen LogP contribution in [0.2, 0.25) is 0 Å². The van der Waals surface area contributed by atoms with Crippen molar-refractivity contribution in [1.82, 2.24) is 14.5 Å². The smallest absolute Gasteiger partial charge is 0.281 e. The van der Waals surface area contributed by atoms with E-state index in [0.717, 1.165) is 0 Å². The van der Waals surface area contributed by atoms with Crippen LogP contribution in [-0.4, -0.2) is 43.3 Å². The first kappa shape index (κ1) is 17.2. The molecule has 126 valence electrons. The van der Waals surface area contributed by atoms with Crippen molar-refractivity contribution >= 4 is 15.7 Å². The number of sulfonamides is 1. The average Bonchev–Trinajstić information content (AvgIpc) is 2.91. The Morgan fingerprint density at radius 2 is 2.09 bits per heavy atom. The topological polar surface area (TPSA) is 95.3 Å². The Balaban J connectivity index is 2.07. The molecule has 2 aromatic heterocycles. The second-order valence-electron chi connectivity index (χ2n) is 4.74. The number of aromatic nitrogens is 3. The van der Waals surface area contributed by atoms with Gasteiger partial charge in [-0.25, -0.2) is 9.97 Å². The van der Waals surface area contributed by atoms with Crippen molar-refractivity contribution in [3.8, 4) is 5.88 Å². The molecule has 0 radical (unpaired) electrons. The molecule has 0 spiro atoms. The lowest BCUT2D eigenvalue weighted by atomic mass is 10.4. The molecule has 1 N–H and O–H groups in total. The third kappa shape index (κ3) is 4.42. The molecule has 0 aliphatic rings. The van der Waals surface area contributed by atoms with Gasteiger partial charge in [-0.2, -0.15) is 8.42 Å². The quantitative estimate of drug-likeness (QED) is 0.731. The Morgan fingerprint density at radius 3 is 2.65 bits per heavy atom. The maximum absolute atomic E-state index is 12.3. The maximum atomic E-state index is 12.3. The summed E-state index contributed by atoms with van der Waals surface area (Å²) in [7, 11) is -2.16. The molecule has 0 aliphatic heterocycles. The van der Waals surface area contributed by atoms with Gasteiger partial charge in [0, 0.05) is 25.9 Å². The zero-order valence-corrected chi connectivity index (χ0v) is 14.1. The Bertz CT molecular complexity index is 741. The van der Waals surface area contributed by atoms with Gasteiger partial charge in [0.25, 0.3) is 10.0 Å². The van der Waals surface area contributed by atoms with Crippen LogP contribution in [0.5, 0.6) is 5.88 Å². The van der Waals surface area contributed by atoms with Gasteiger partial charge >= 0.3 is 0 Å². The van der Waals surface area contributed by atoms with E-state index in [1.54, 1.807) is 30.7 Å². The SMILES string of the molecule is CCn1cc(S(=O)(=O)Nc2ccc(OCCOC)nc2)nc1C. The summed E-state index contributed by atoms with van der Waals surface area (Å²) in [5.74, 6) is 1.05. The molecule has 23 heavy (non-hydrogen) atoms. The molecule has 0 aliphatic carbocycles. The number of ether oxygens (including phenoxy) is 2. The highest BCUT2D eigenvalue weighted by Gasteiger charge is 2.19. The molecule has 0 saturated carbocycles. The van der Waals surface area contributed by atoms with E-state index in [0.29, 0.717) is 37.2 Å². The van der Waals surface area contributed by atoms with Crippen LogP contribution in [0.1, 0.15) is 12.7 Å². The predicted octanol–water partition coefficient (Wildman–Crippen LogP) is 1.43. The van der Waals surface area contributed by atoms with E-state index in [1.165, 1.54) is 12.4 Å². The van der Waals surface area contributed by atoms with Crippen LogP contribution >= 0.6 is 0 Å². The van der Waals surface area contributed by atoms with Gasteiger partial charge in [-0.1, -0.05) is 0 Å². The number of rotatable bonds is 8. The molecule has 0 amide bonds. The number of imidazole rings is 1. The van der Waals surface area contributed by atoms with Gasteiger partial charge in [0.2, 0.25) is 5.88 Å². The van der Waals surface area contributed by atoms with Crippen molar-refractivity contribution in [1.29, 1.82) is 0 Å². The van der Waals surface area contributed by atoms with E-state index < -0.39 is 10.0 Å². The van der Waals surface area contributed by atoms with Crippen LogP contribution in [0.4, 0.5) is 5.69 Å². The van der Waals surface area contributed by atoms with Crippen LogP contribution in [-0.2, 0) is 21.3 Å². The first-order chi connectivity index (χ1) is 11.0. The molecule has 0 aromatic carbocycles. The second-order valence-corrected chi connectivity index (χ2v) is 6.37. The monoisotopic (exact) mass is 340 g/mol. The minimum atomic E-state index is -3.74. The molecule has 0 fully saturated rings. The third-order valence-corrected chi connectivity index (χ3v) is 4.35. The van der Waals surface area contributed by atoms with Crippen LogP contribution < -0.4 is 9.46 Å². The number of methoxy groups -OCH3 is 1. The van der Waals surface area contributed by atoms with Crippen molar-refractivity contribution in [2.45, 2.75) is 25.4 Å². The molecular weight excluding hydrogens is 320 g/mol. The van der Waals surface area contributed by atoms with Crippen LogP contribution in [0.3, 0.4) is 0 Å². The Morgan fingerprint density at radius 1 is 1.30 bits per heavy atom. The highest BCUT2D eigenvalue weighted by Crippen LogP contribution is 2.17. The summed E-state index contributed by atoms with van der Waals surface area (Å²) in [5.41, 5.74) is 0.341. The predicted molar refractivity (Wildman–Crippen MR) is 85.1 cm³/mol. The Labute approximate surface area is 135 Å². The number of pyridine rings is 1. The van der Waals surface area contributed by atoms with Crippen molar-refractivity contribution in [2.24, 2.45) is 0 Å². The molecule has 0 unspecified atom stereocenters. The molecule has 2 aromatic rings. The van der Waals surface area contributed by atoms with Crippen molar-refractivity contribution in [3.05, 3.63) is 30.4 Å². The maximum Gasteiger partial charge on any atom is 0.281 e.